The summed E-state index contributed by atoms with van der Waals surface area (Å²) in [5, 5.41) is 4.82. The molecule has 0 atom stereocenters. The molecule has 4 aromatic carbocycles. The van der Waals surface area contributed by atoms with E-state index in [1.54, 1.807) is 0 Å². The molecule has 0 saturated carbocycles. The first-order valence-electron chi connectivity index (χ1n) is 15.1. The van der Waals surface area contributed by atoms with E-state index in [0.717, 1.165) is 0 Å². The Morgan fingerprint density at radius 1 is 0.524 bits per heavy atom. The fourth-order valence-corrected chi connectivity index (χ4v) is 6.21. The van der Waals surface area contributed by atoms with Gasteiger partial charge in [-0.15, -0.1) is 0 Å². The molecule has 0 heterocycles. The minimum atomic E-state index is -2.49. The van der Waals surface area contributed by atoms with Gasteiger partial charge in [0.2, 0.25) is 0 Å². The standard InChI is InChI=1S/C38H51O3P/c1-35(2,3)28-15-13-24-19-30(33(37(7,8)9)21-26(24)17-28)32(23-41-42(39)40)31-20-25-14-16-29(36(4,5)6)18-27(25)22-34(31)38(10,11)12/h13-22,32,39-40H,23H2,1-12H3. The number of benzene rings is 4. The summed E-state index contributed by atoms with van der Waals surface area (Å²) < 4.78 is 5.68. The van der Waals surface area contributed by atoms with Crippen LogP contribution in [-0.2, 0) is 26.2 Å². The van der Waals surface area contributed by atoms with Crippen molar-refractivity contribution >= 4 is 30.1 Å². The summed E-state index contributed by atoms with van der Waals surface area (Å²) in [6.45, 7) is 27.2. The quantitative estimate of drug-likeness (QED) is 0.229. The molecule has 0 aliphatic rings. The highest BCUT2D eigenvalue weighted by molar-refractivity contribution is 7.39. The second kappa shape index (κ2) is 11.3. The zero-order chi connectivity index (χ0) is 31.4. The first kappa shape index (κ1) is 32.6. The molecule has 0 radical (unpaired) electrons. The molecular formula is C38H51O3P. The predicted molar refractivity (Wildman–Crippen MR) is 182 cm³/mol. The Labute approximate surface area is 255 Å². The van der Waals surface area contributed by atoms with E-state index >= 15 is 0 Å². The second-order valence-electron chi connectivity index (χ2n) is 16.1. The number of rotatable bonds is 5. The summed E-state index contributed by atoms with van der Waals surface area (Å²) in [6, 6.07) is 22.9. The molecule has 3 nitrogen and oxygen atoms in total. The van der Waals surface area contributed by atoms with Crippen LogP contribution in [0.2, 0.25) is 0 Å². The van der Waals surface area contributed by atoms with Crippen LogP contribution >= 0.6 is 8.60 Å². The molecule has 4 heteroatoms. The first-order chi connectivity index (χ1) is 19.2. The Bertz CT molecular complexity index is 1470. The van der Waals surface area contributed by atoms with Crippen LogP contribution < -0.4 is 0 Å². The Morgan fingerprint density at radius 3 is 1.21 bits per heavy atom. The van der Waals surface area contributed by atoms with Gasteiger partial charge in [0.1, 0.15) is 0 Å². The summed E-state index contributed by atoms with van der Waals surface area (Å²) in [4.78, 5) is 19.8. The predicted octanol–water partition coefficient (Wildman–Crippen LogP) is 10.5. The molecular weight excluding hydrogens is 535 g/mol. The summed E-state index contributed by atoms with van der Waals surface area (Å²) in [5.74, 6) is -0.184. The highest BCUT2D eigenvalue weighted by Gasteiger charge is 2.31. The van der Waals surface area contributed by atoms with Gasteiger partial charge in [0.15, 0.2) is 0 Å². The van der Waals surface area contributed by atoms with Crippen LogP contribution in [0.25, 0.3) is 21.5 Å². The van der Waals surface area contributed by atoms with Gasteiger partial charge in [0.25, 0.3) is 0 Å². The second-order valence-corrected chi connectivity index (χ2v) is 16.9. The maximum atomic E-state index is 9.91. The van der Waals surface area contributed by atoms with Gasteiger partial charge in [0.05, 0.1) is 6.61 Å². The fraction of sp³-hybridized carbons (Fsp3) is 0.474. The summed E-state index contributed by atoms with van der Waals surface area (Å²) >= 11 is 0. The van der Waals surface area contributed by atoms with Gasteiger partial charge in [-0.2, -0.15) is 0 Å². The van der Waals surface area contributed by atoms with E-state index < -0.39 is 8.60 Å². The number of hydrogen-bond acceptors (Lipinski definition) is 3. The molecule has 0 fully saturated rings. The molecule has 0 unspecified atom stereocenters. The lowest BCUT2D eigenvalue weighted by molar-refractivity contribution is 0.246. The van der Waals surface area contributed by atoms with Crippen LogP contribution in [0.4, 0.5) is 0 Å². The molecule has 0 saturated heterocycles. The molecule has 4 rings (SSSR count). The lowest BCUT2D eigenvalue weighted by Gasteiger charge is -2.33. The van der Waals surface area contributed by atoms with Crippen LogP contribution in [-0.4, -0.2) is 16.4 Å². The summed E-state index contributed by atoms with van der Waals surface area (Å²) in [6.07, 6.45) is 0. The van der Waals surface area contributed by atoms with Gasteiger partial charge in [-0.1, -0.05) is 144 Å². The third-order valence-corrected chi connectivity index (χ3v) is 8.85. The summed E-state index contributed by atoms with van der Waals surface area (Å²) in [7, 11) is -2.49. The van der Waals surface area contributed by atoms with Crippen LogP contribution in [0, 0.1) is 0 Å². The highest BCUT2D eigenvalue weighted by atomic mass is 31.2. The van der Waals surface area contributed by atoms with Crippen molar-refractivity contribution in [3.05, 3.63) is 94.0 Å². The average molecular weight is 587 g/mol. The van der Waals surface area contributed by atoms with Crippen molar-refractivity contribution in [2.75, 3.05) is 6.61 Å². The van der Waals surface area contributed by atoms with E-state index in [-0.39, 0.29) is 34.2 Å². The minimum Gasteiger partial charge on any atom is -0.328 e. The third-order valence-electron chi connectivity index (χ3n) is 8.47. The third kappa shape index (κ3) is 7.08. The van der Waals surface area contributed by atoms with Crippen molar-refractivity contribution in [2.24, 2.45) is 0 Å². The molecule has 0 aromatic heterocycles. The van der Waals surface area contributed by atoms with Crippen molar-refractivity contribution in [3.63, 3.8) is 0 Å². The topological polar surface area (TPSA) is 49.7 Å². The Balaban J connectivity index is 2.05. The van der Waals surface area contributed by atoms with Crippen molar-refractivity contribution in [3.8, 4) is 0 Å². The molecule has 0 aliphatic heterocycles. The zero-order valence-corrected chi connectivity index (χ0v) is 28.7. The highest BCUT2D eigenvalue weighted by Crippen LogP contribution is 2.44. The van der Waals surface area contributed by atoms with E-state index in [9.17, 15) is 9.79 Å². The van der Waals surface area contributed by atoms with Gasteiger partial charge in [-0.25, -0.2) is 0 Å². The van der Waals surface area contributed by atoms with Crippen LogP contribution in [0.5, 0.6) is 0 Å². The molecule has 0 amide bonds. The van der Waals surface area contributed by atoms with Gasteiger partial charge < -0.3 is 14.3 Å². The molecule has 2 N–H and O–H groups in total. The largest absolute Gasteiger partial charge is 0.328 e. The van der Waals surface area contributed by atoms with E-state index in [4.69, 9.17) is 4.52 Å². The number of hydrogen-bond donors (Lipinski definition) is 2. The number of fused-ring (bicyclic) bond motifs is 2. The van der Waals surface area contributed by atoms with E-state index in [0.29, 0.717) is 0 Å². The molecule has 4 aromatic rings. The Kier molecular flexibility index (Phi) is 8.80. The van der Waals surface area contributed by atoms with E-state index in [1.165, 1.54) is 54.9 Å². The monoisotopic (exact) mass is 586 g/mol. The summed E-state index contributed by atoms with van der Waals surface area (Å²) in [5.41, 5.74) is 7.31. The lowest BCUT2D eigenvalue weighted by atomic mass is 9.73. The first-order valence-corrected chi connectivity index (χ1v) is 16.3. The molecule has 42 heavy (non-hydrogen) atoms. The van der Waals surface area contributed by atoms with Gasteiger partial charge in [0, 0.05) is 5.92 Å². The van der Waals surface area contributed by atoms with E-state index in [2.05, 4.69) is 144 Å². The van der Waals surface area contributed by atoms with Crippen LogP contribution in [0.1, 0.15) is 122 Å². The Hall–Kier alpha value is -2.29. The van der Waals surface area contributed by atoms with Gasteiger partial charge in [-0.05, 0) is 76.6 Å². The average Bonchev–Trinajstić information content (AvgIpc) is 2.84. The van der Waals surface area contributed by atoms with Gasteiger partial charge >= 0.3 is 8.60 Å². The zero-order valence-electron chi connectivity index (χ0n) is 27.8. The van der Waals surface area contributed by atoms with E-state index in [1.807, 2.05) is 0 Å². The smallest absolute Gasteiger partial charge is 0.327 e. The van der Waals surface area contributed by atoms with Crippen molar-refractivity contribution < 1.29 is 14.3 Å². The molecule has 0 aliphatic carbocycles. The molecule has 226 valence electrons. The van der Waals surface area contributed by atoms with Crippen molar-refractivity contribution in [1.82, 2.24) is 0 Å². The van der Waals surface area contributed by atoms with Crippen LogP contribution in [0.3, 0.4) is 0 Å². The Morgan fingerprint density at radius 2 is 0.905 bits per heavy atom. The van der Waals surface area contributed by atoms with Crippen molar-refractivity contribution in [1.29, 1.82) is 0 Å². The van der Waals surface area contributed by atoms with Crippen LogP contribution in [0.15, 0.2) is 60.7 Å². The molecule has 0 spiro atoms. The normalized spacial score (nSPS) is 13.6. The maximum absolute atomic E-state index is 9.91. The minimum absolute atomic E-state index is 0.0596. The van der Waals surface area contributed by atoms with Gasteiger partial charge in [-0.3, -0.25) is 0 Å². The molecule has 0 bridgehead atoms. The fourth-order valence-electron chi connectivity index (χ4n) is 5.93. The lowest BCUT2D eigenvalue weighted by Crippen LogP contribution is -2.22. The maximum Gasteiger partial charge on any atom is 0.327 e. The SMILES string of the molecule is CC(C)(C)c1ccc2cc(C(COP(O)O)c3cc4ccc(C(C)(C)C)cc4cc3C(C)(C)C)c(C(C)(C)C)cc2c1. The van der Waals surface area contributed by atoms with Crippen molar-refractivity contribution in [2.45, 2.75) is 111 Å².